The maximum atomic E-state index is 12.2. The van der Waals surface area contributed by atoms with E-state index in [4.69, 9.17) is 5.73 Å². The summed E-state index contributed by atoms with van der Waals surface area (Å²) in [7, 11) is 0. The Morgan fingerprint density at radius 1 is 1.03 bits per heavy atom. The van der Waals surface area contributed by atoms with Crippen molar-refractivity contribution in [1.82, 2.24) is 20.4 Å². The van der Waals surface area contributed by atoms with Crippen LogP contribution >= 0.6 is 0 Å². The quantitative estimate of drug-likeness (QED) is 0.541. The number of aryl methyl sites for hydroxylation is 1. The topological polar surface area (TPSA) is 112 Å². The summed E-state index contributed by atoms with van der Waals surface area (Å²) in [4.78, 5) is 29.3. The molecule has 1 aliphatic rings. The lowest BCUT2D eigenvalue weighted by Gasteiger charge is -2.38. The summed E-state index contributed by atoms with van der Waals surface area (Å²) in [5.74, 6) is 0.697. The van der Waals surface area contributed by atoms with Crippen LogP contribution in [0.2, 0.25) is 0 Å². The second-order valence-electron chi connectivity index (χ2n) is 7.47. The number of benzene rings is 1. The number of hydrogen-bond donors (Lipinski definition) is 3. The van der Waals surface area contributed by atoms with Gasteiger partial charge in [0.25, 0.3) is 5.91 Å². The number of pyridine rings is 1. The fourth-order valence-corrected chi connectivity index (χ4v) is 3.66. The van der Waals surface area contributed by atoms with Gasteiger partial charge in [-0.15, -0.1) is 0 Å². The monoisotopic (exact) mass is 418 g/mol. The van der Waals surface area contributed by atoms with Gasteiger partial charge in [-0.1, -0.05) is 12.1 Å². The molecular weight excluding hydrogens is 392 g/mol. The molecule has 4 N–H and O–H groups in total. The highest BCUT2D eigenvalue weighted by Gasteiger charge is 2.22. The van der Waals surface area contributed by atoms with Crippen LogP contribution in [0.1, 0.15) is 21.5 Å². The third-order valence-electron chi connectivity index (χ3n) is 5.58. The Balaban J connectivity index is 1.42. The molecular formula is C22H26N8O. The largest absolute Gasteiger partial charge is 0.393 e. The number of carbonyl (C=O) groups is 1. The van der Waals surface area contributed by atoms with E-state index in [1.165, 1.54) is 29.3 Å². The van der Waals surface area contributed by atoms with E-state index in [2.05, 4.69) is 67.6 Å². The Morgan fingerprint density at radius 3 is 2.55 bits per heavy atom. The molecule has 1 amide bonds. The van der Waals surface area contributed by atoms with Crippen molar-refractivity contribution in [3.8, 4) is 0 Å². The predicted octanol–water partition coefficient (Wildman–Crippen LogP) is 2.15. The predicted molar refractivity (Wildman–Crippen MR) is 122 cm³/mol. The zero-order chi connectivity index (χ0) is 21.8. The highest BCUT2D eigenvalue weighted by Crippen LogP contribution is 2.29. The summed E-state index contributed by atoms with van der Waals surface area (Å²) >= 11 is 0. The van der Waals surface area contributed by atoms with Gasteiger partial charge in [0, 0.05) is 44.3 Å². The Hall–Kier alpha value is -3.88. The van der Waals surface area contributed by atoms with Crippen molar-refractivity contribution in [3.63, 3.8) is 0 Å². The third kappa shape index (κ3) is 4.35. The van der Waals surface area contributed by atoms with Crippen molar-refractivity contribution in [2.24, 2.45) is 0 Å². The average molecular weight is 419 g/mol. The molecule has 1 aliphatic heterocycles. The number of aromatic nitrogens is 3. The van der Waals surface area contributed by atoms with Gasteiger partial charge in [0.1, 0.15) is 12.0 Å². The number of hydrogen-bond acceptors (Lipinski definition) is 8. The molecule has 0 atom stereocenters. The summed E-state index contributed by atoms with van der Waals surface area (Å²) in [6.07, 6.45) is 4.54. The first-order valence-corrected chi connectivity index (χ1v) is 10.2. The van der Waals surface area contributed by atoms with Crippen LogP contribution in [0.3, 0.4) is 0 Å². The number of nitrogens with zero attached hydrogens (tertiary/aromatic N) is 5. The first-order chi connectivity index (χ1) is 15.0. The molecule has 9 nitrogen and oxygen atoms in total. The van der Waals surface area contributed by atoms with Crippen LogP contribution in [-0.4, -0.2) is 47.0 Å². The van der Waals surface area contributed by atoms with Crippen molar-refractivity contribution >= 4 is 28.9 Å². The van der Waals surface area contributed by atoms with Crippen molar-refractivity contribution in [3.05, 3.63) is 65.7 Å². The molecule has 0 spiro atoms. The van der Waals surface area contributed by atoms with E-state index in [9.17, 15) is 4.79 Å². The van der Waals surface area contributed by atoms with Crippen molar-refractivity contribution in [2.75, 3.05) is 47.1 Å². The Morgan fingerprint density at radius 2 is 1.81 bits per heavy atom. The fourth-order valence-electron chi connectivity index (χ4n) is 3.66. The van der Waals surface area contributed by atoms with E-state index in [0.717, 1.165) is 26.2 Å². The van der Waals surface area contributed by atoms with Crippen molar-refractivity contribution in [2.45, 2.75) is 13.8 Å². The number of amides is 1. The Bertz CT molecular complexity index is 1060. The number of piperazine rings is 1. The molecule has 160 valence electrons. The van der Waals surface area contributed by atoms with E-state index in [1.807, 2.05) is 0 Å². The van der Waals surface area contributed by atoms with Crippen LogP contribution in [0.15, 0.2) is 49.1 Å². The zero-order valence-corrected chi connectivity index (χ0v) is 17.7. The van der Waals surface area contributed by atoms with E-state index >= 15 is 0 Å². The normalized spacial score (nSPS) is 13.7. The van der Waals surface area contributed by atoms with Crippen LogP contribution in [0.4, 0.5) is 23.0 Å². The van der Waals surface area contributed by atoms with Gasteiger partial charge in [-0.2, -0.15) is 0 Å². The van der Waals surface area contributed by atoms with E-state index in [0.29, 0.717) is 22.9 Å². The molecule has 3 heterocycles. The van der Waals surface area contributed by atoms with Gasteiger partial charge in [0.05, 0.1) is 5.56 Å². The summed E-state index contributed by atoms with van der Waals surface area (Å²) < 4.78 is 0. The lowest BCUT2D eigenvalue weighted by atomic mass is 10.1. The molecule has 0 bridgehead atoms. The maximum absolute atomic E-state index is 12.2. The molecule has 0 radical (unpaired) electrons. The number of rotatable bonds is 5. The minimum Gasteiger partial charge on any atom is -0.393 e. The van der Waals surface area contributed by atoms with Gasteiger partial charge >= 0.3 is 0 Å². The molecule has 0 aliphatic carbocycles. The lowest BCUT2D eigenvalue weighted by Crippen LogP contribution is -2.47. The van der Waals surface area contributed by atoms with Crippen LogP contribution in [-0.2, 0) is 0 Å². The summed E-state index contributed by atoms with van der Waals surface area (Å²) in [5, 5.41) is 0. The Labute approximate surface area is 181 Å². The van der Waals surface area contributed by atoms with Crippen molar-refractivity contribution < 1.29 is 4.79 Å². The van der Waals surface area contributed by atoms with Gasteiger partial charge in [0.2, 0.25) is 0 Å². The highest BCUT2D eigenvalue weighted by molar-refractivity contribution is 5.94. The van der Waals surface area contributed by atoms with E-state index < -0.39 is 0 Å². The second kappa shape index (κ2) is 8.86. The first-order valence-electron chi connectivity index (χ1n) is 10.2. The molecule has 0 unspecified atom stereocenters. The highest BCUT2D eigenvalue weighted by atomic mass is 16.2. The van der Waals surface area contributed by atoms with Crippen LogP contribution in [0.5, 0.6) is 0 Å². The Kier molecular flexibility index (Phi) is 5.83. The summed E-state index contributed by atoms with van der Waals surface area (Å²) in [5.41, 5.74) is 16.4. The molecule has 1 fully saturated rings. The van der Waals surface area contributed by atoms with Crippen LogP contribution in [0, 0.1) is 13.8 Å². The lowest BCUT2D eigenvalue weighted by molar-refractivity contribution is 0.0962. The first kappa shape index (κ1) is 20.4. The fraction of sp³-hybridized carbons (Fsp3) is 0.273. The molecule has 4 rings (SSSR count). The molecule has 31 heavy (non-hydrogen) atoms. The van der Waals surface area contributed by atoms with Crippen LogP contribution in [0.25, 0.3) is 0 Å². The van der Waals surface area contributed by atoms with E-state index in [1.54, 1.807) is 18.3 Å². The molecule has 3 aromatic rings. The van der Waals surface area contributed by atoms with Gasteiger partial charge in [0.15, 0.2) is 11.6 Å². The number of carbonyl (C=O) groups excluding carboxylic acids is 1. The number of nitrogens with one attached hydrogen (secondary N) is 2. The minimum absolute atomic E-state index is 0.324. The molecule has 0 saturated carbocycles. The smallest absolute Gasteiger partial charge is 0.271 e. The maximum Gasteiger partial charge on any atom is 0.271 e. The summed E-state index contributed by atoms with van der Waals surface area (Å²) in [6.45, 7) is 7.62. The number of hydrazine groups is 1. The van der Waals surface area contributed by atoms with Crippen molar-refractivity contribution in [1.29, 1.82) is 0 Å². The third-order valence-corrected chi connectivity index (χ3v) is 5.58. The van der Waals surface area contributed by atoms with Gasteiger partial charge in [-0.25, -0.2) is 9.97 Å². The molecule has 9 heteroatoms. The zero-order valence-electron chi connectivity index (χ0n) is 17.7. The van der Waals surface area contributed by atoms with Gasteiger partial charge < -0.3 is 15.5 Å². The second-order valence-corrected chi connectivity index (χ2v) is 7.47. The number of nitrogen functional groups attached to an aromatic ring is 1. The number of nitrogens with two attached hydrogens (primary N) is 1. The molecule has 1 aromatic carbocycles. The molecule has 1 saturated heterocycles. The minimum atomic E-state index is -0.324. The average Bonchev–Trinajstić information content (AvgIpc) is 2.81. The van der Waals surface area contributed by atoms with E-state index in [-0.39, 0.29) is 5.91 Å². The summed E-state index contributed by atoms with van der Waals surface area (Å²) in [6, 6.07) is 9.78. The molecule has 2 aromatic heterocycles. The van der Waals surface area contributed by atoms with Gasteiger partial charge in [-0.3, -0.25) is 20.6 Å². The van der Waals surface area contributed by atoms with Gasteiger partial charge in [-0.05, 0) is 43.2 Å². The standard InChI is InChI=1S/C22H26N8O/c1-15-5-3-7-18(16(15)2)29-9-11-30(12-10-29)21-19(23)20(25-14-26-21)27-28-22(31)17-6-4-8-24-13-17/h3-8,13-14H,9-12,23H2,1-2H3,(H,28,31)(H,25,26,27). The van der Waals surface area contributed by atoms with Crippen LogP contribution < -0.4 is 26.4 Å². The number of anilines is 4. The SMILES string of the molecule is Cc1cccc(N2CCN(c3ncnc(NNC(=O)c4cccnc4)c3N)CC2)c1C.